The van der Waals surface area contributed by atoms with Crippen molar-refractivity contribution in [1.29, 1.82) is 0 Å². The Morgan fingerprint density at radius 2 is 2.42 bits per heavy atom. The predicted octanol–water partition coefficient (Wildman–Crippen LogP) is 0.328. The smallest absolute Gasteiger partial charge is 0.251 e. The van der Waals surface area contributed by atoms with E-state index in [2.05, 4.69) is 0 Å². The minimum absolute atomic E-state index is 0.00375. The summed E-state index contributed by atoms with van der Waals surface area (Å²) in [6.07, 6.45) is 1.79. The Labute approximate surface area is 70.3 Å². The molecule has 0 aliphatic carbocycles. The lowest BCUT2D eigenvalue weighted by atomic mass is 10.2. The zero-order valence-electron chi connectivity index (χ0n) is 6.73. The van der Waals surface area contributed by atoms with Crippen LogP contribution in [0.15, 0.2) is 23.0 Å². The number of aromatic nitrogens is 1. The van der Waals surface area contributed by atoms with Crippen LogP contribution in [0.4, 0.5) is 0 Å². The van der Waals surface area contributed by atoms with Crippen molar-refractivity contribution in [3.05, 3.63) is 34.2 Å². The molecule has 1 aliphatic rings. The van der Waals surface area contributed by atoms with Gasteiger partial charge in [0, 0.05) is 11.8 Å². The maximum Gasteiger partial charge on any atom is 0.251 e. The molecule has 2 rings (SSSR count). The number of pyridine rings is 1. The van der Waals surface area contributed by atoms with Crippen LogP contribution in [0.5, 0.6) is 0 Å². The fourth-order valence-electron chi connectivity index (χ4n) is 1.78. The summed E-state index contributed by atoms with van der Waals surface area (Å²) >= 11 is 0. The van der Waals surface area contributed by atoms with Gasteiger partial charge in [0.05, 0.1) is 12.6 Å². The highest BCUT2D eigenvalue weighted by atomic mass is 16.3. The highest BCUT2D eigenvalue weighted by Gasteiger charge is 2.20. The van der Waals surface area contributed by atoms with Gasteiger partial charge in [-0.1, -0.05) is 6.07 Å². The molecule has 64 valence electrons. The second-order valence-electron chi connectivity index (χ2n) is 3.10. The first-order valence-electron chi connectivity index (χ1n) is 4.14. The molecule has 0 bridgehead atoms. The van der Waals surface area contributed by atoms with Gasteiger partial charge in [0.25, 0.3) is 5.56 Å². The molecular formula is C9H11NO2. The molecule has 3 nitrogen and oxygen atoms in total. The summed E-state index contributed by atoms with van der Waals surface area (Å²) in [5.74, 6) is 0. The summed E-state index contributed by atoms with van der Waals surface area (Å²) in [4.78, 5) is 11.3. The van der Waals surface area contributed by atoms with Gasteiger partial charge in [-0.2, -0.15) is 0 Å². The SMILES string of the molecule is O=c1cccc2n1C(CO)CC2. The van der Waals surface area contributed by atoms with Gasteiger partial charge in [0.1, 0.15) is 0 Å². The van der Waals surface area contributed by atoms with Crippen molar-refractivity contribution < 1.29 is 5.11 Å². The fraction of sp³-hybridized carbons (Fsp3) is 0.444. The van der Waals surface area contributed by atoms with Crippen LogP contribution in [0.2, 0.25) is 0 Å². The monoisotopic (exact) mass is 165 g/mol. The van der Waals surface area contributed by atoms with Crippen LogP contribution < -0.4 is 5.56 Å². The maximum atomic E-state index is 11.3. The first-order chi connectivity index (χ1) is 5.83. The predicted molar refractivity (Wildman–Crippen MR) is 45.1 cm³/mol. The molecule has 3 heteroatoms. The van der Waals surface area contributed by atoms with Gasteiger partial charge >= 0.3 is 0 Å². The lowest BCUT2D eigenvalue weighted by Gasteiger charge is -2.09. The summed E-state index contributed by atoms with van der Waals surface area (Å²) in [7, 11) is 0. The van der Waals surface area contributed by atoms with Gasteiger partial charge in [-0.3, -0.25) is 4.79 Å². The van der Waals surface area contributed by atoms with E-state index in [1.807, 2.05) is 6.07 Å². The minimum Gasteiger partial charge on any atom is -0.394 e. The lowest BCUT2D eigenvalue weighted by molar-refractivity contribution is 0.231. The van der Waals surface area contributed by atoms with Crippen molar-refractivity contribution in [3.63, 3.8) is 0 Å². The normalized spacial score (nSPS) is 20.9. The van der Waals surface area contributed by atoms with E-state index in [-0.39, 0.29) is 18.2 Å². The Hall–Kier alpha value is -1.09. The molecule has 12 heavy (non-hydrogen) atoms. The Balaban J connectivity index is 2.56. The third-order valence-electron chi connectivity index (χ3n) is 2.38. The fourth-order valence-corrected chi connectivity index (χ4v) is 1.78. The van der Waals surface area contributed by atoms with Crippen molar-refractivity contribution in [2.75, 3.05) is 6.61 Å². The topological polar surface area (TPSA) is 42.2 Å². The number of fused-ring (bicyclic) bond motifs is 1. The molecule has 0 radical (unpaired) electrons. The Morgan fingerprint density at radius 3 is 3.17 bits per heavy atom. The Kier molecular flexibility index (Phi) is 1.73. The van der Waals surface area contributed by atoms with E-state index in [9.17, 15) is 4.79 Å². The van der Waals surface area contributed by atoms with E-state index in [0.717, 1.165) is 18.5 Å². The van der Waals surface area contributed by atoms with Crippen molar-refractivity contribution in [2.24, 2.45) is 0 Å². The highest BCUT2D eigenvalue weighted by Crippen LogP contribution is 2.21. The summed E-state index contributed by atoms with van der Waals surface area (Å²) < 4.78 is 1.69. The number of aliphatic hydroxyl groups excluding tert-OH is 1. The second-order valence-corrected chi connectivity index (χ2v) is 3.10. The van der Waals surface area contributed by atoms with Gasteiger partial charge in [-0.05, 0) is 18.9 Å². The molecule has 0 amide bonds. The van der Waals surface area contributed by atoms with E-state index in [4.69, 9.17) is 5.11 Å². The molecule has 0 saturated heterocycles. The largest absolute Gasteiger partial charge is 0.394 e. The van der Waals surface area contributed by atoms with Crippen molar-refractivity contribution in [1.82, 2.24) is 4.57 Å². The summed E-state index contributed by atoms with van der Waals surface area (Å²) in [6.45, 7) is 0.0664. The molecule has 1 aromatic rings. The van der Waals surface area contributed by atoms with E-state index in [0.29, 0.717) is 0 Å². The summed E-state index contributed by atoms with van der Waals surface area (Å²) in [5.41, 5.74) is 1.05. The third-order valence-corrected chi connectivity index (χ3v) is 2.38. The number of aryl methyl sites for hydroxylation is 1. The van der Waals surface area contributed by atoms with Crippen molar-refractivity contribution >= 4 is 0 Å². The lowest BCUT2D eigenvalue weighted by Crippen LogP contribution is -2.23. The molecule has 2 heterocycles. The molecule has 0 saturated carbocycles. The zero-order valence-corrected chi connectivity index (χ0v) is 6.73. The van der Waals surface area contributed by atoms with Gasteiger partial charge in [-0.25, -0.2) is 0 Å². The Bertz CT molecular complexity index is 343. The average molecular weight is 165 g/mol. The summed E-state index contributed by atoms with van der Waals surface area (Å²) in [5, 5.41) is 8.98. The molecule has 0 spiro atoms. The average Bonchev–Trinajstić information content (AvgIpc) is 2.49. The van der Waals surface area contributed by atoms with E-state index in [1.165, 1.54) is 6.07 Å². The molecular weight excluding hydrogens is 154 g/mol. The number of aliphatic hydroxyl groups is 1. The van der Waals surface area contributed by atoms with E-state index < -0.39 is 0 Å². The molecule has 1 N–H and O–H groups in total. The van der Waals surface area contributed by atoms with Crippen molar-refractivity contribution in [3.8, 4) is 0 Å². The van der Waals surface area contributed by atoms with E-state index in [1.54, 1.807) is 10.6 Å². The summed E-state index contributed by atoms with van der Waals surface area (Å²) in [6, 6.07) is 5.26. The molecule has 0 aromatic carbocycles. The highest BCUT2D eigenvalue weighted by molar-refractivity contribution is 5.12. The minimum atomic E-state index is 0.00375. The number of rotatable bonds is 1. The first kappa shape index (κ1) is 7.55. The molecule has 1 unspecified atom stereocenters. The second kappa shape index (κ2) is 2.75. The van der Waals surface area contributed by atoms with Crippen LogP contribution in [0.3, 0.4) is 0 Å². The first-order valence-corrected chi connectivity index (χ1v) is 4.14. The van der Waals surface area contributed by atoms with Crippen molar-refractivity contribution in [2.45, 2.75) is 18.9 Å². The van der Waals surface area contributed by atoms with Crippen LogP contribution in [0.25, 0.3) is 0 Å². The third kappa shape index (κ3) is 0.975. The van der Waals surface area contributed by atoms with Gasteiger partial charge in [-0.15, -0.1) is 0 Å². The molecule has 0 fully saturated rings. The number of hydrogen-bond acceptors (Lipinski definition) is 2. The van der Waals surface area contributed by atoms with Crippen LogP contribution in [0, 0.1) is 0 Å². The Morgan fingerprint density at radius 1 is 1.58 bits per heavy atom. The number of hydrogen-bond donors (Lipinski definition) is 1. The van der Waals surface area contributed by atoms with Crippen LogP contribution >= 0.6 is 0 Å². The van der Waals surface area contributed by atoms with Crippen LogP contribution in [0.1, 0.15) is 18.2 Å². The maximum absolute atomic E-state index is 11.3. The quantitative estimate of drug-likeness (QED) is 0.651. The number of nitrogens with zero attached hydrogens (tertiary/aromatic N) is 1. The zero-order chi connectivity index (χ0) is 8.55. The van der Waals surface area contributed by atoms with Gasteiger partial charge in [0.15, 0.2) is 0 Å². The standard InChI is InChI=1S/C9H11NO2/c11-6-8-5-4-7-2-1-3-9(12)10(7)8/h1-3,8,11H,4-6H2. The van der Waals surface area contributed by atoms with Crippen LogP contribution in [-0.4, -0.2) is 16.3 Å². The van der Waals surface area contributed by atoms with Gasteiger partial charge in [0.2, 0.25) is 0 Å². The molecule has 1 atom stereocenters. The molecule has 1 aliphatic heterocycles. The molecule has 1 aromatic heterocycles. The van der Waals surface area contributed by atoms with Gasteiger partial charge < -0.3 is 9.67 Å². The van der Waals surface area contributed by atoms with Crippen LogP contribution in [-0.2, 0) is 6.42 Å². The van der Waals surface area contributed by atoms with E-state index >= 15 is 0 Å².